The van der Waals surface area contributed by atoms with Gasteiger partial charge in [0.05, 0.1) is 12.0 Å². The van der Waals surface area contributed by atoms with Crippen LogP contribution in [0.4, 0.5) is 10.5 Å². The lowest BCUT2D eigenvalue weighted by Gasteiger charge is -2.13. The zero-order valence-corrected chi connectivity index (χ0v) is 24.2. The second-order valence-corrected chi connectivity index (χ2v) is 12.0. The maximum Gasteiger partial charge on any atom is 0.411 e. The Morgan fingerprint density at radius 1 is 1.07 bits per heavy atom. The van der Waals surface area contributed by atoms with Crippen molar-refractivity contribution in [1.29, 1.82) is 0 Å². The van der Waals surface area contributed by atoms with Crippen LogP contribution in [0.2, 0.25) is 0 Å². The minimum absolute atomic E-state index is 0.0109. The summed E-state index contributed by atoms with van der Waals surface area (Å²) in [6.45, 7) is 1.81. The quantitative estimate of drug-likeness (QED) is 0.206. The normalized spacial score (nSPS) is 14.4. The van der Waals surface area contributed by atoms with E-state index in [9.17, 15) is 13.2 Å². The summed E-state index contributed by atoms with van der Waals surface area (Å²) in [5.41, 5.74) is 11.0. The summed E-state index contributed by atoms with van der Waals surface area (Å²) in [6, 6.07) is 17.6. The van der Waals surface area contributed by atoms with Crippen molar-refractivity contribution in [3.8, 4) is 5.75 Å². The second-order valence-electron chi connectivity index (χ2n) is 10.4. The number of aryl methyl sites for hydroxylation is 2. The fourth-order valence-corrected chi connectivity index (χ4v) is 6.32. The maximum atomic E-state index is 12.8. The molecule has 41 heavy (non-hydrogen) atoms. The minimum Gasteiger partial charge on any atom is -0.496 e. The molecule has 1 aromatic heterocycles. The first-order valence-electron chi connectivity index (χ1n) is 13.5. The van der Waals surface area contributed by atoms with Crippen LogP contribution in [0.1, 0.15) is 47.9 Å². The molecule has 3 aromatic carbocycles. The molecule has 1 saturated carbocycles. The van der Waals surface area contributed by atoms with Crippen molar-refractivity contribution in [1.82, 2.24) is 4.57 Å². The Bertz CT molecular complexity index is 1740. The lowest BCUT2D eigenvalue weighted by atomic mass is 10.0. The Hall–Kier alpha value is -4.31. The van der Waals surface area contributed by atoms with Crippen molar-refractivity contribution in [2.75, 3.05) is 12.4 Å². The molecule has 0 bridgehead atoms. The van der Waals surface area contributed by atoms with Crippen LogP contribution in [-0.4, -0.2) is 38.1 Å². The van der Waals surface area contributed by atoms with Crippen LogP contribution >= 0.6 is 0 Å². The van der Waals surface area contributed by atoms with Crippen LogP contribution in [0.3, 0.4) is 0 Å². The van der Waals surface area contributed by atoms with Crippen molar-refractivity contribution < 1.29 is 22.7 Å². The van der Waals surface area contributed by atoms with Crippen LogP contribution in [0, 0.1) is 6.92 Å². The van der Waals surface area contributed by atoms with Gasteiger partial charge in [0.25, 0.3) is 10.0 Å². The van der Waals surface area contributed by atoms with E-state index in [0.29, 0.717) is 23.4 Å². The molecule has 1 amide bonds. The van der Waals surface area contributed by atoms with Crippen LogP contribution in [0.25, 0.3) is 10.9 Å². The van der Waals surface area contributed by atoms with E-state index in [4.69, 9.17) is 15.2 Å². The van der Waals surface area contributed by atoms with E-state index >= 15 is 0 Å². The number of fused-ring (bicyclic) bond motifs is 1. The number of nitrogens with one attached hydrogen (secondary N) is 1. The summed E-state index contributed by atoms with van der Waals surface area (Å²) < 4.78 is 42.7. The highest BCUT2D eigenvalue weighted by molar-refractivity contribution is 7.90. The molecule has 0 radical (unpaired) electrons. The van der Waals surface area contributed by atoms with Gasteiger partial charge in [-0.1, -0.05) is 24.3 Å². The third-order valence-electron chi connectivity index (χ3n) is 7.36. The highest BCUT2D eigenvalue weighted by Gasteiger charge is 2.20. The molecule has 0 saturated heterocycles. The molecule has 1 heterocycles. The molecule has 0 atom stereocenters. The Labute approximate surface area is 240 Å². The van der Waals surface area contributed by atoms with Crippen molar-refractivity contribution in [3.05, 3.63) is 89.1 Å². The monoisotopic (exact) mass is 574 g/mol. The second kappa shape index (κ2) is 11.7. The number of carbonyl (C=O) groups excluding carboxylic acids is 1. The van der Waals surface area contributed by atoms with Gasteiger partial charge in [-0.3, -0.25) is 5.32 Å². The van der Waals surface area contributed by atoms with E-state index in [0.717, 1.165) is 53.3 Å². The largest absolute Gasteiger partial charge is 0.496 e. The highest BCUT2D eigenvalue weighted by atomic mass is 32.2. The fraction of sp³-hybridized carbons (Fsp3) is 0.290. The first-order chi connectivity index (χ1) is 19.6. The van der Waals surface area contributed by atoms with Gasteiger partial charge in [0.2, 0.25) is 0 Å². The topological polar surface area (TPSA) is 125 Å². The summed E-state index contributed by atoms with van der Waals surface area (Å²) in [4.78, 5) is 12.5. The average Bonchev–Trinajstić information content (AvgIpc) is 3.55. The fourth-order valence-electron chi connectivity index (χ4n) is 5.26. The van der Waals surface area contributed by atoms with Crippen molar-refractivity contribution >= 4 is 38.5 Å². The van der Waals surface area contributed by atoms with Gasteiger partial charge < -0.3 is 19.8 Å². The number of methoxy groups -OCH3 is 1. The molecule has 0 spiro atoms. The molecule has 3 N–H and O–H groups in total. The predicted molar refractivity (Wildman–Crippen MR) is 160 cm³/mol. The van der Waals surface area contributed by atoms with Gasteiger partial charge in [0.15, 0.2) is 0 Å². The smallest absolute Gasteiger partial charge is 0.411 e. The number of hydrogen-bond donors (Lipinski definition) is 2. The number of amidine groups is 1. The number of anilines is 1. The highest BCUT2D eigenvalue weighted by Crippen LogP contribution is 2.30. The number of benzene rings is 3. The van der Waals surface area contributed by atoms with Gasteiger partial charge in [-0.05, 0) is 85.7 Å². The molecule has 1 aliphatic carbocycles. The van der Waals surface area contributed by atoms with Crippen molar-refractivity contribution in [3.63, 3.8) is 0 Å². The van der Waals surface area contributed by atoms with E-state index < -0.39 is 16.1 Å². The molecule has 0 aliphatic heterocycles. The number of hydrogen-bond acceptors (Lipinski definition) is 5. The molecular formula is C31H34N4O5S. The number of aromatic nitrogens is 1. The molecule has 0 unspecified atom stereocenters. The summed E-state index contributed by atoms with van der Waals surface area (Å²) in [6.07, 6.45) is 6.14. The number of ether oxygens (including phenoxy) is 2. The van der Waals surface area contributed by atoms with Crippen LogP contribution in [0.5, 0.6) is 5.75 Å². The third-order valence-corrected chi connectivity index (χ3v) is 8.65. The lowest BCUT2D eigenvalue weighted by molar-refractivity contribution is 0.114. The van der Waals surface area contributed by atoms with Gasteiger partial charge in [-0.25, -0.2) is 4.79 Å². The molecule has 9 nitrogen and oxygen atoms in total. The van der Waals surface area contributed by atoms with Crippen LogP contribution in [0.15, 0.2) is 76.2 Å². The molecule has 4 aromatic rings. The first kappa shape index (κ1) is 28.2. The van der Waals surface area contributed by atoms with Crippen molar-refractivity contribution in [2.45, 2.75) is 50.0 Å². The van der Waals surface area contributed by atoms with Crippen LogP contribution < -0.4 is 15.8 Å². The summed E-state index contributed by atoms with van der Waals surface area (Å²) >= 11 is 0. The van der Waals surface area contributed by atoms with Crippen LogP contribution in [-0.2, 0) is 28.2 Å². The molecule has 1 aliphatic rings. The zero-order chi connectivity index (χ0) is 29.1. The maximum absolute atomic E-state index is 12.8. The van der Waals surface area contributed by atoms with Gasteiger partial charge in [0.1, 0.15) is 17.7 Å². The van der Waals surface area contributed by atoms with E-state index in [-0.39, 0.29) is 16.8 Å². The number of carbonyl (C=O) groups is 1. The minimum atomic E-state index is -3.97. The number of nitrogens with two attached hydrogens (primary N) is 1. The number of rotatable bonds is 8. The third kappa shape index (κ3) is 6.38. The van der Waals surface area contributed by atoms with E-state index in [2.05, 4.69) is 9.71 Å². The SMILES string of the molecule is COc1cc(C(N)=NS(=O)(=O)c2cccc(C)c2)ccc1Cc1cn(C)c2ccc(NC(=O)OC3CCCC3)cc12. The molecular weight excluding hydrogens is 540 g/mol. The standard InChI is InChI=1S/C31H34N4O5S/c1-20-7-6-10-26(15-20)41(37,38)34-30(32)22-12-11-21(29(17-22)39-3)16-23-19-35(2)28-14-13-24(18-27(23)28)33-31(36)40-25-8-4-5-9-25/h6-7,10-15,17-19,25H,4-5,8-9,16H2,1-3H3,(H2,32,34)(H,33,36). The van der Waals surface area contributed by atoms with E-state index in [1.54, 1.807) is 31.4 Å². The lowest BCUT2D eigenvalue weighted by Crippen LogP contribution is -2.20. The Morgan fingerprint density at radius 2 is 1.85 bits per heavy atom. The first-order valence-corrected chi connectivity index (χ1v) is 15.0. The molecule has 1 fully saturated rings. The van der Waals surface area contributed by atoms with E-state index in [1.165, 1.54) is 6.07 Å². The molecule has 10 heteroatoms. The van der Waals surface area contributed by atoms with Crippen molar-refractivity contribution in [2.24, 2.45) is 17.2 Å². The number of sulfonamides is 1. The Morgan fingerprint density at radius 3 is 2.59 bits per heavy atom. The van der Waals surface area contributed by atoms with Gasteiger partial charge in [0, 0.05) is 41.8 Å². The molecule has 5 rings (SSSR count). The Kier molecular flexibility index (Phi) is 8.03. The molecule has 214 valence electrons. The van der Waals surface area contributed by atoms with Gasteiger partial charge in [-0.2, -0.15) is 8.42 Å². The zero-order valence-electron chi connectivity index (χ0n) is 23.4. The summed E-state index contributed by atoms with van der Waals surface area (Å²) in [5, 5.41) is 3.85. The summed E-state index contributed by atoms with van der Waals surface area (Å²) in [7, 11) is -0.441. The number of amides is 1. The number of nitrogens with zero attached hydrogens (tertiary/aromatic N) is 2. The van der Waals surface area contributed by atoms with E-state index in [1.807, 2.05) is 55.1 Å². The summed E-state index contributed by atoms with van der Waals surface area (Å²) in [5.74, 6) is 0.432. The van der Waals surface area contributed by atoms with Gasteiger partial charge >= 0.3 is 6.09 Å². The Balaban J connectivity index is 1.38. The average molecular weight is 575 g/mol. The van der Waals surface area contributed by atoms with Gasteiger partial charge in [-0.15, -0.1) is 4.40 Å². The predicted octanol–water partition coefficient (Wildman–Crippen LogP) is 5.67.